The van der Waals surface area contributed by atoms with Gasteiger partial charge in [-0.15, -0.1) is 0 Å². The van der Waals surface area contributed by atoms with Gasteiger partial charge in [0, 0.05) is 5.54 Å². The minimum absolute atomic E-state index is 0.0109. The molecular weight excluding hydrogens is 162 g/mol. The molecule has 2 nitrogen and oxygen atoms in total. The van der Waals surface area contributed by atoms with Crippen molar-refractivity contribution < 1.29 is 5.11 Å². The second-order valence-corrected chi connectivity index (χ2v) is 4.90. The summed E-state index contributed by atoms with van der Waals surface area (Å²) in [5.74, 6) is 0. The van der Waals surface area contributed by atoms with E-state index in [2.05, 4.69) is 26.1 Å². The van der Waals surface area contributed by atoms with Gasteiger partial charge in [0.05, 0.1) is 6.61 Å². The van der Waals surface area contributed by atoms with Crippen LogP contribution in [0.2, 0.25) is 0 Å². The van der Waals surface area contributed by atoms with Crippen LogP contribution in [-0.2, 0) is 0 Å². The van der Waals surface area contributed by atoms with E-state index in [1.807, 2.05) is 0 Å². The minimum Gasteiger partial charge on any atom is -0.394 e. The van der Waals surface area contributed by atoms with Crippen molar-refractivity contribution in [3.63, 3.8) is 0 Å². The first-order valence-corrected chi connectivity index (χ1v) is 5.44. The monoisotopic (exact) mass is 185 g/mol. The predicted molar refractivity (Wildman–Crippen MR) is 55.7 cm³/mol. The summed E-state index contributed by atoms with van der Waals surface area (Å²) in [5.41, 5.74) is 0.236. The fourth-order valence-electron chi connectivity index (χ4n) is 2.45. The SMILES string of the molecule is CCCNC1(CO)CCCC1(C)C. The lowest BCUT2D eigenvalue weighted by Gasteiger charge is -2.41. The van der Waals surface area contributed by atoms with Gasteiger partial charge in [-0.1, -0.05) is 27.2 Å². The summed E-state index contributed by atoms with van der Waals surface area (Å²) in [6, 6.07) is 0. The third kappa shape index (κ3) is 1.89. The van der Waals surface area contributed by atoms with Crippen LogP contribution in [0.15, 0.2) is 0 Å². The Labute approximate surface area is 81.7 Å². The van der Waals surface area contributed by atoms with Crippen molar-refractivity contribution in [1.29, 1.82) is 0 Å². The fraction of sp³-hybridized carbons (Fsp3) is 1.00. The smallest absolute Gasteiger partial charge is 0.0618 e. The zero-order chi connectivity index (χ0) is 9.95. The zero-order valence-electron chi connectivity index (χ0n) is 9.19. The van der Waals surface area contributed by atoms with Gasteiger partial charge in [-0.3, -0.25) is 0 Å². The summed E-state index contributed by atoms with van der Waals surface area (Å²) in [6.45, 7) is 7.99. The second kappa shape index (κ2) is 3.97. The van der Waals surface area contributed by atoms with Crippen LogP contribution < -0.4 is 5.32 Å². The van der Waals surface area contributed by atoms with Gasteiger partial charge in [0.25, 0.3) is 0 Å². The van der Waals surface area contributed by atoms with E-state index in [-0.39, 0.29) is 17.6 Å². The molecule has 1 aliphatic carbocycles. The molecule has 0 aromatic carbocycles. The van der Waals surface area contributed by atoms with Gasteiger partial charge >= 0.3 is 0 Å². The summed E-state index contributed by atoms with van der Waals surface area (Å²) in [5, 5.41) is 13.1. The summed E-state index contributed by atoms with van der Waals surface area (Å²) in [4.78, 5) is 0. The van der Waals surface area contributed by atoms with Crippen LogP contribution in [0.3, 0.4) is 0 Å². The van der Waals surface area contributed by atoms with Gasteiger partial charge in [0.15, 0.2) is 0 Å². The molecule has 1 atom stereocenters. The molecule has 1 rings (SSSR count). The highest BCUT2D eigenvalue weighted by molar-refractivity contribution is 5.04. The third-order valence-corrected chi connectivity index (χ3v) is 3.68. The maximum atomic E-state index is 9.52. The number of hydrogen-bond donors (Lipinski definition) is 2. The molecule has 78 valence electrons. The molecule has 2 heteroatoms. The number of aliphatic hydroxyl groups excluding tert-OH is 1. The lowest BCUT2D eigenvalue weighted by Crippen LogP contribution is -2.55. The van der Waals surface area contributed by atoms with E-state index >= 15 is 0 Å². The van der Waals surface area contributed by atoms with E-state index in [9.17, 15) is 5.11 Å². The molecule has 0 bridgehead atoms. The third-order valence-electron chi connectivity index (χ3n) is 3.68. The molecule has 2 N–H and O–H groups in total. The molecule has 0 aromatic rings. The Morgan fingerprint density at radius 3 is 2.38 bits per heavy atom. The number of hydrogen-bond acceptors (Lipinski definition) is 2. The zero-order valence-corrected chi connectivity index (χ0v) is 9.19. The van der Waals surface area contributed by atoms with Crippen LogP contribution in [0.5, 0.6) is 0 Å². The standard InChI is InChI=1S/C11H23NO/c1-4-8-12-11(9-13)7-5-6-10(11,2)3/h12-13H,4-9H2,1-3H3. The largest absolute Gasteiger partial charge is 0.394 e. The molecule has 1 aliphatic rings. The number of nitrogens with one attached hydrogen (secondary N) is 1. The second-order valence-electron chi connectivity index (χ2n) is 4.90. The summed E-state index contributed by atoms with van der Waals surface area (Å²) < 4.78 is 0. The summed E-state index contributed by atoms with van der Waals surface area (Å²) in [6.07, 6.45) is 4.73. The maximum absolute atomic E-state index is 9.52. The summed E-state index contributed by atoms with van der Waals surface area (Å²) >= 11 is 0. The van der Waals surface area contributed by atoms with Crippen molar-refractivity contribution in [2.24, 2.45) is 5.41 Å². The van der Waals surface area contributed by atoms with Crippen LogP contribution in [0.1, 0.15) is 46.5 Å². The van der Waals surface area contributed by atoms with E-state index in [1.165, 1.54) is 12.8 Å². The molecule has 0 aliphatic heterocycles. The summed E-state index contributed by atoms with van der Waals surface area (Å²) in [7, 11) is 0. The van der Waals surface area contributed by atoms with Gasteiger partial charge in [0.1, 0.15) is 0 Å². The van der Waals surface area contributed by atoms with Gasteiger partial charge in [-0.2, -0.15) is 0 Å². The van der Waals surface area contributed by atoms with Crippen LogP contribution in [0.25, 0.3) is 0 Å². The Morgan fingerprint density at radius 2 is 2.00 bits per heavy atom. The van der Waals surface area contributed by atoms with Gasteiger partial charge in [0.2, 0.25) is 0 Å². The van der Waals surface area contributed by atoms with Gasteiger partial charge in [-0.25, -0.2) is 0 Å². The molecule has 1 saturated carbocycles. The lowest BCUT2D eigenvalue weighted by atomic mass is 9.75. The fourth-order valence-corrected chi connectivity index (χ4v) is 2.45. The Balaban J connectivity index is 2.67. The normalized spacial score (nSPS) is 32.3. The lowest BCUT2D eigenvalue weighted by molar-refractivity contribution is 0.0755. The Kier molecular flexibility index (Phi) is 3.36. The van der Waals surface area contributed by atoms with Crippen LogP contribution in [0, 0.1) is 5.41 Å². The predicted octanol–water partition coefficient (Wildman–Crippen LogP) is 1.93. The Hall–Kier alpha value is -0.0800. The van der Waals surface area contributed by atoms with E-state index in [0.717, 1.165) is 19.4 Å². The highest BCUT2D eigenvalue weighted by Gasteiger charge is 2.47. The highest BCUT2D eigenvalue weighted by atomic mass is 16.3. The van der Waals surface area contributed by atoms with Crippen molar-refractivity contribution >= 4 is 0 Å². The average molecular weight is 185 g/mol. The van der Waals surface area contributed by atoms with Crippen LogP contribution in [0.4, 0.5) is 0 Å². The number of aliphatic hydroxyl groups is 1. The van der Waals surface area contributed by atoms with Crippen LogP contribution in [-0.4, -0.2) is 23.8 Å². The quantitative estimate of drug-likeness (QED) is 0.701. The van der Waals surface area contributed by atoms with E-state index < -0.39 is 0 Å². The van der Waals surface area contributed by atoms with Crippen LogP contribution >= 0.6 is 0 Å². The van der Waals surface area contributed by atoms with E-state index in [4.69, 9.17) is 0 Å². The molecular formula is C11H23NO. The van der Waals surface area contributed by atoms with E-state index in [0.29, 0.717) is 0 Å². The molecule has 13 heavy (non-hydrogen) atoms. The van der Waals surface area contributed by atoms with Crippen molar-refractivity contribution in [2.75, 3.05) is 13.2 Å². The molecule has 1 fully saturated rings. The molecule has 0 saturated heterocycles. The molecule has 0 heterocycles. The molecule has 0 amide bonds. The van der Waals surface area contributed by atoms with Crippen molar-refractivity contribution in [3.05, 3.63) is 0 Å². The molecule has 0 radical (unpaired) electrons. The average Bonchev–Trinajstić information content (AvgIpc) is 2.38. The van der Waals surface area contributed by atoms with Gasteiger partial charge in [-0.05, 0) is 31.2 Å². The molecule has 0 spiro atoms. The number of rotatable bonds is 4. The molecule has 1 unspecified atom stereocenters. The van der Waals surface area contributed by atoms with Gasteiger partial charge < -0.3 is 10.4 Å². The highest BCUT2D eigenvalue weighted by Crippen LogP contribution is 2.45. The molecule has 0 aromatic heterocycles. The Morgan fingerprint density at radius 1 is 1.31 bits per heavy atom. The first-order chi connectivity index (χ1) is 6.08. The van der Waals surface area contributed by atoms with Crippen molar-refractivity contribution in [3.8, 4) is 0 Å². The van der Waals surface area contributed by atoms with E-state index in [1.54, 1.807) is 0 Å². The Bertz CT molecular complexity index is 167. The van der Waals surface area contributed by atoms with Crippen molar-refractivity contribution in [1.82, 2.24) is 5.32 Å². The first kappa shape index (κ1) is 11.0. The minimum atomic E-state index is -0.0109. The maximum Gasteiger partial charge on any atom is 0.0618 e. The first-order valence-electron chi connectivity index (χ1n) is 5.44. The topological polar surface area (TPSA) is 32.3 Å². The van der Waals surface area contributed by atoms with Crippen molar-refractivity contribution in [2.45, 2.75) is 52.0 Å².